The van der Waals surface area contributed by atoms with Crippen LogP contribution in [-0.2, 0) is 0 Å². The van der Waals surface area contributed by atoms with Crippen LogP contribution in [-0.4, -0.2) is 12.7 Å². The van der Waals surface area contributed by atoms with Gasteiger partial charge in [-0.2, -0.15) is 13.2 Å². The maximum Gasteiger partial charge on any atom is 0.389 e. The zero-order valence-corrected chi connectivity index (χ0v) is 11.2. The van der Waals surface area contributed by atoms with E-state index in [1.807, 2.05) is 19.9 Å². The highest BCUT2D eigenvalue weighted by molar-refractivity contribution is 6.31. The van der Waals surface area contributed by atoms with Crippen molar-refractivity contribution in [2.24, 2.45) is 0 Å². The Bertz CT molecular complexity index is 390. The molecule has 1 unspecified atom stereocenters. The molecule has 0 radical (unpaired) electrons. The van der Waals surface area contributed by atoms with Crippen molar-refractivity contribution in [1.82, 2.24) is 5.32 Å². The lowest BCUT2D eigenvalue weighted by Gasteiger charge is -2.21. The molecule has 5 heteroatoms. The summed E-state index contributed by atoms with van der Waals surface area (Å²) < 4.78 is 36.9. The van der Waals surface area contributed by atoms with E-state index in [9.17, 15) is 13.2 Å². The second kappa shape index (κ2) is 6.43. The summed E-state index contributed by atoms with van der Waals surface area (Å²) in [7, 11) is 0. The molecule has 1 aromatic rings. The smallest absolute Gasteiger partial charge is 0.310 e. The molecule has 102 valence electrons. The molecule has 1 N–H and O–H groups in total. The molecule has 0 saturated carbocycles. The van der Waals surface area contributed by atoms with Crippen molar-refractivity contribution in [3.05, 3.63) is 34.3 Å². The summed E-state index contributed by atoms with van der Waals surface area (Å²) in [6, 6.07) is 5.02. The number of nitrogens with one attached hydrogen (secondary N) is 1. The fourth-order valence-electron chi connectivity index (χ4n) is 1.92. The van der Waals surface area contributed by atoms with E-state index >= 15 is 0 Å². The van der Waals surface area contributed by atoms with Crippen molar-refractivity contribution in [1.29, 1.82) is 0 Å². The van der Waals surface area contributed by atoms with Crippen molar-refractivity contribution >= 4 is 11.6 Å². The standard InChI is InChI=1S/C13H17ClF3N/c1-3-18-12(7-8-13(15,16)17)10-5-4-6-11(14)9(10)2/h4-6,12,18H,3,7-8H2,1-2H3. The van der Waals surface area contributed by atoms with Crippen LogP contribution >= 0.6 is 11.6 Å². The molecule has 0 bridgehead atoms. The fourth-order valence-corrected chi connectivity index (χ4v) is 2.11. The summed E-state index contributed by atoms with van der Waals surface area (Å²) in [5, 5.41) is 3.67. The summed E-state index contributed by atoms with van der Waals surface area (Å²) in [6.07, 6.45) is -4.89. The van der Waals surface area contributed by atoms with E-state index in [2.05, 4.69) is 5.32 Å². The van der Waals surface area contributed by atoms with Crippen molar-refractivity contribution < 1.29 is 13.2 Å². The number of halogens is 4. The Morgan fingerprint density at radius 3 is 2.56 bits per heavy atom. The molecule has 1 nitrogen and oxygen atoms in total. The van der Waals surface area contributed by atoms with Gasteiger partial charge in [-0.1, -0.05) is 30.7 Å². The lowest BCUT2D eigenvalue weighted by atomic mass is 9.97. The lowest BCUT2D eigenvalue weighted by molar-refractivity contribution is -0.136. The zero-order valence-electron chi connectivity index (χ0n) is 10.4. The predicted molar refractivity (Wildman–Crippen MR) is 67.9 cm³/mol. The van der Waals surface area contributed by atoms with Crippen LogP contribution in [0.2, 0.25) is 5.02 Å². The maximum atomic E-state index is 12.3. The molecule has 0 fully saturated rings. The van der Waals surface area contributed by atoms with Gasteiger partial charge in [-0.3, -0.25) is 0 Å². The third-order valence-corrected chi connectivity index (χ3v) is 3.26. The van der Waals surface area contributed by atoms with E-state index in [4.69, 9.17) is 11.6 Å². The van der Waals surface area contributed by atoms with Crippen LogP contribution in [0.4, 0.5) is 13.2 Å². The summed E-state index contributed by atoms with van der Waals surface area (Å²) in [5.74, 6) is 0. The molecule has 1 aromatic carbocycles. The molecule has 0 amide bonds. The molecule has 0 aliphatic carbocycles. The average molecular weight is 280 g/mol. The average Bonchev–Trinajstić information content (AvgIpc) is 2.27. The van der Waals surface area contributed by atoms with E-state index in [1.54, 1.807) is 12.1 Å². The molecule has 1 atom stereocenters. The first-order valence-electron chi connectivity index (χ1n) is 5.90. The fraction of sp³-hybridized carbons (Fsp3) is 0.538. The van der Waals surface area contributed by atoms with Crippen LogP contribution in [0, 0.1) is 6.92 Å². The summed E-state index contributed by atoms with van der Waals surface area (Å²) in [5.41, 5.74) is 1.68. The van der Waals surface area contributed by atoms with E-state index in [0.717, 1.165) is 11.1 Å². The first-order valence-corrected chi connectivity index (χ1v) is 6.28. The number of hydrogen-bond donors (Lipinski definition) is 1. The van der Waals surface area contributed by atoms with Gasteiger partial charge in [-0.05, 0) is 37.1 Å². The van der Waals surface area contributed by atoms with Crippen LogP contribution in [0.5, 0.6) is 0 Å². The second-order valence-corrected chi connectivity index (χ2v) is 4.63. The summed E-state index contributed by atoms with van der Waals surface area (Å²) in [6.45, 7) is 4.32. The number of benzene rings is 1. The molecule has 0 saturated heterocycles. The van der Waals surface area contributed by atoms with Gasteiger partial charge < -0.3 is 5.32 Å². The topological polar surface area (TPSA) is 12.0 Å². The minimum Gasteiger partial charge on any atom is -0.310 e. The van der Waals surface area contributed by atoms with Gasteiger partial charge >= 0.3 is 6.18 Å². The SMILES string of the molecule is CCNC(CCC(F)(F)F)c1cccc(Cl)c1C. The number of hydrogen-bond acceptors (Lipinski definition) is 1. The highest BCUT2D eigenvalue weighted by Gasteiger charge is 2.29. The van der Waals surface area contributed by atoms with E-state index in [-0.39, 0.29) is 12.5 Å². The number of alkyl halides is 3. The van der Waals surface area contributed by atoms with E-state index in [0.29, 0.717) is 11.6 Å². The van der Waals surface area contributed by atoms with Crippen molar-refractivity contribution in [2.45, 2.75) is 38.9 Å². The molecule has 0 heterocycles. The van der Waals surface area contributed by atoms with Gasteiger partial charge in [-0.15, -0.1) is 0 Å². The van der Waals surface area contributed by atoms with Gasteiger partial charge in [-0.25, -0.2) is 0 Å². The molecule has 0 spiro atoms. The molecular formula is C13H17ClF3N. The van der Waals surface area contributed by atoms with Crippen LogP contribution in [0.3, 0.4) is 0 Å². The van der Waals surface area contributed by atoms with Crippen LogP contribution in [0.1, 0.15) is 36.9 Å². The van der Waals surface area contributed by atoms with Gasteiger partial charge in [0.05, 0.1) is 0 Å². The first-order chi connectivity index (χ1) is 8.35. The van der Waals surface area contributed by atoms with Gasteiger partial charge in [0.25, 0.3) is 0 Å². The third kappa shape index (κ3) is 4.50. The van der Waals surface area contributed by atoms with Crippen LogP contribution in [0.25, 0.3) is 0 Å². The quantitative estimate of drug-likeness (QED) is 0.828. The minimum atomic E-state index is -4.12. The van der Waals surface area contributed by atoms with Gasteiger partial charge in [0, 0.05) is 17.5 Å². The number of rotatable bonds is 5. The van der Waals surface area contributed by atoms with Crippen molar-refractivity contribution in [2.75, 3.05) is 6.54 Å². The Balaban J connectivity index is 2.87. The Hall–Kier alpha value is -0.740. The Labute approximate surface area is 110 Å². The lowest BCUT2D eigenvalue weighted by Crippen LogP contribution is -2.23. The normalized spacial score (nSPS) is 13.7. The summed E-state index contributed by atoms with van der Waals surface area (Å²) >= 11 is 6.00. The largest absolute Gasteiger partial charge is 0.389 e. The van der Waals surface area contributed by atoms with Crippen LogP contribution < -0.4 is 5.32 Å². The maximum absolute atomic E-state index is 12.3. The third-order valence-electron chi connectivity index (χ3n) is 2.85. The van der Waals surface area contributed by atoms with Crippen LogP contribution in [0.15, 0.2) is 18.2 Å². The van der Waals surface area contributed by atoms with Crippen molar-refractivity contribution in [3.63, 3.8) is 0 Å². The molecular weight excluding hydrogens is 263 g/mol. The predicted octanol–water partition coefficient (Wildman–Crippen LogP) is 4.64. The second-order valence-electron chi connectivity index (χ2n) is 4.22. The Morgan fingerprint density at radius 1 is 1.33 bits per heavy atom. The Morgan fingerprint density at radius 2 is 2.00 bits per heavy atom. The molecule has 18 heavy (non-hydrogen) atoms. The van der Waals surface area contributed by atoms with Gasteiger partial charge in [0.2, 0.25) is 0 Å². The molecule has 0 aliphatic rings. The monoisotopic (exact) mass is 279 g/mol. The van der Waals surface area contributed by atoms with E-state index in [1.165, 1.54) is 0 Å². The highest BCUT2D eigenvalue weighted by Crippen LogP contribution is 2.31. The molecule has 1 rings (SSSR count). The molecule has 0 aliphatic heterocycles. The zero-order chi connectivity index (χ0) is 13.8. The Kier molecular flexibility index (Phi) is 5.47. The molecule has 0 aromatic heterocycles. The first kappa shape index (κ1) is 15.3. The highest BCUT2D eigenvalue weighted by atomic mass is 35.5. The van der Waals surface area contributed by atoms with E-state index < -0.39 is 12.6 Å². The minimum absolute atomic E-state index is 0.0263. The van der Waals surface area contributed by atoms with Gasteiger partial charge in [0.1, 0.15) is 0 Å². The van der Waals surface area contributed by atoms with Crippen molar-refractivity contribution in [3.8, 4) is 0 Å². The van der Waals surface area contributed by atoms with Gasteiger partial charge in [0.15, 0.2) is 0 Å². The summed E-state index contributed by atoms with van der Waals surface area (Å²) in [4.78, 5) is 0.